The highest BCUT2D eigenvalue weighted by Gasteiger charge is 2.29. The van der Waals surface area contributed by atoms with E-state index in [1.165, 1.54) is 6.07 Å². The molecule has 1 aliphatic rings. The summed E-state index contributed by atoms with van der Waals surface area (Å²) in [6.45, 7) is 4.68. The van der Waals surface area contributed by atoms with Gasteiger partial charge in [-0.1, -0.05) is 18.2 Å². The van der Waals surface area contributed by atoms with Gasteiger partial charge in [-0.2, -0.15) is 0 Å². The number of nitrogens with one attached hydrogen (secondary N) is 1. The average molecular weight is 424 g/mol. The van der Waals surface area contributed by atoms with Crippen molar-refractivity contribution < 1.29 is 13.2 Å². The standard InChI is InChI=1S/C20H25N3O3S.ClH/c1-14-5-3-6-17(11-14)22-27(25,26)19-12-16(9-8-15(19)2)20(24)23-10-4-7-18(23)13-21;/h3,5-6,8-9,11-12,18,22H,4,7,10,13,21H2,1-2H3;1H. The van der Waals surface area contributed by atoms with Gasteiger partial charge in [-0.3, -0.25) is 9.52 Å². The van der Waals surface area contributed by atoms with Crippen molar-refractivity contribution in [2.75, 3.05) is 17.8 Å². The van der Waals surface area contributed by atoms with Gasteiger partial charge in [0.05, 0.1) is 4.90 Å². The number of halogens is 1. The molecule has 0 saturated carbocycles. The fourth-order valence-corrected chi connectivity index (χ4v) is 4.78. The highest BCUT2D eigenvalue weighted by molar-refractivity contribution is 7.92. The van der Waals surface area contributed by atoms with Crippen LogP contribution < -0.4 is 10.5 Å². The van der Waals surface area contributed by atoms with Crippen LogP contribution >= 0.6 is 12.4 Å². The normalized spacial score (nSPS) is 16.5. The van der Waals surface area contributed by atoms with Gasteiger partial charge in [-0.05, 0) is 62.1 Å². The Balaban J connectivity index is 0.00000280. The third kappa shape index (κ3) is 4.66. The molecule has 0 aromatic heterocycles. The average Bonchev–Trinajstić information content (AvgIpc) is 3.09. The van der Waals surface area contributed by atoms with Gasteiger partial charge in [-0.25, -0.2) is 8.42 Å². The molecule has 8 heteroatoms. The van der Waals surface area contributed by atoms with E-state index in [-0.39, 0.29) is 29.3 Å². The molecular weight excluding hydrogens is 398 g/mol. The third-order valence-electron chi connectivity index (χ3n) is 4.90. The van der Waals surface area contributed by atoms with Crippen molar-refractivity contribution in [1.29, 1.82) is 0 Å². The number of nitrogens with two attached hydrogens (primary N) is 1. The number of carbonyl (C=O) groups is 1. The summed E-state index contributed by atoms with van der Waals surface area (Å²) in [6.07, 6.45) is 1.80. The zero-order valence-corrected chi connectivity index (χ0v) is 17.6. The first kappa shape index (κ1) is 22.2. The number of hydrogen-bond donors (Lipinski definition) is 2. The lowest BCUT2D eigenvalue weighted by Crippen LogP contribution is -2.40. The van der Waals surface area contributed by atoms with Gasteiger partial charge < -0.3 is 10.6 Å². The summed E-state index contributed by atoms with van der Waals surface area (Å²) in [5, 5.41) is 0. The van der Waals surface area contributed by atoms with Crippen molar-refractivity contribution in [3.8, 4) is 0 Å². The van der Waals surface area contributed by atoms with Crippen molar-refractivity contribution in [2.24, 2.45) is 5.73 Å². The number of amides is 1. The fourth-order valence-electron chi connectivity index (χ4n) is 3.46. The number of aryl methyl sites for hydroxylation is 2. The highest BCUT2D eigenvalue weighted by Crippen LogP contribution is 2.24. The van der Waals surface area contributed by atoms with Crippen LogP contribution in [-0.4, -0.2) is 38.4 Å². The van der Waals surface area contributed by atoms with Gasteiger partial charge in [-0.15, -0.1) is 12.4 Å². The molecule has 1 unspecified atom stereocenters. The quantitative estimate of drug-likeness (QED) is 0.772. The van der Waals surface area contributed by atoms with Crippen molar-refractivity contribution in [1.82, 2.24) is 4.90 Å². The maximum atomic E-state index is 12.9. The smallest absolute Gasteiger partial charge is 0.262 e. The summed E-state index contributed by atoms with van der Waals surface area (Å²) < 4.78 is 28.4. The zero-order chi connectivity index (χ0) is 19.6. The Morgan fingerprint density at radius 2 is 1.96 bits per heavy atom. The Morgan fingerprint density at radius 1 is 1.21 bits per heavy atom. The Kier molecular flexibility index (Phi) is 7.09. The van der Waals surface area contributed by atoms with E-state index in [1.54, 1.807) is 42.2 Å². The second-order valence-electron chi connectivity index (χ2n) is 6.99. The molecule has 1 amide bonds. The monoisotopic (exact) mass is 423 g/mol. The molecule has 1 saturated heterocycles. The van der Waals surface area contributed by atoms with Crippen LogP contribution in [0.2, 0.25) is 0 Å². The van der Waals surface area contributed by atoms with E-state index in [9.17, 15) is 13.2 Å². The minimum Gasteiger partial charge on any atom is -0.334 e. The maximum Gasteiger partial charge on any atom is 0.262 e. The Labute approximate surface area is 172 Å². The molecule has 1 fully saturated rings. The number of likely N-dealkylation sites (tertiary alicyclic amines) is 1. The molecule has 2 aromatic carbocycles. The Hall–Kier alpha value is -2.09. The topological polar surface area (TPSA) is 92.5 Å². The number of sulfonamides is 1. The second kappa shape index (κ2) is 8.94. The van der Waals surface area contributed by atoms with E-state index in [0.29, 0.717) is 29.9 Å². The molecule has 0 radical (unpaired) electrons. The zero-order valence-electron chi connectivity index (χ0n) is 16.0. The number of carbonyl (C=O) groups excluding carboxylic acids is 1. The minimum absolute atomic E-state index is 0. The molecule has 1 atom stereocenters. The number of nitrogens with zero attached hydrogens (tertiary/aromatic N) is 1. The van der Waals surface area contributed by atoms with Crippen LogP contribution in [-0.2, 0) is 10.0 Å². The van der Waals surface area contributed by atoms with Crippen LogP contribution in [0.15, 0.2) is 47.4 Å². The summed E-state index contributed by atoms with van der Waals surface area (Å²) in [5.41, 5.74) is 8.17. The first-order chi connectivity index (χ1) is 12.8. The molecule has 6 nitrogen and oxygen atoms in total. The van der Waals surface area contributed by atoms with E-state index >= 15 is 0 Å². The molecule has 0 aliphatic carbocycles. The number of anilines is 1. The van der Waals surface area contributed by atoms with Crippen molar-refractivity contribution in [3.05, 3.63) is 59.2 Å². The molecule has 1 heterocycles. The van der Waals surface area contributed by atoms with Crippen molar-refractivity contribution >= 4 is 34.0 Å². The molecule has 0 spiro atoms. The predicted molar refractivity (Wildman–Crippen MR) is 114 cm³/mol. The largest absolute Gasteiger partial charge is 0.334 e. The van der Waals surface area contributed by atoms with Crippen LogP contribution in [0.1, 0.15) is 34.3 Å². The van der Waals surface area contributed by atoms with Crippen LogP contribution in [0.25, 0.3) is 0 Å². The van der Waals surface area contributed by atoms with Crippen LogP contribution in [0.5, 0.6) is 0 Å². The van der Waals surface area contributed by atoms with Gasteiger partial charge in [0.1, 0.15) is 0 Å². The molecule has 0 bridgehead atoms. The van der Waals surface area contributed by atoms with E-state index in [2.05, 4.69) is 4.72 Å². The van der Waals surface area contributed by atoms with Gasteiger partial charge in [0.2, 0.25) is 0 Å². The summed E-state index contributed by atoms with van der Waals surface area (Å²) in [4.78, 5) is 14.7. The molecule has 28 heavy (non-hydrogen) atoms. The molecule has 3 N–H and O–H groups in total. The fraction of sp³-hybridized carbons (Fsp3) is 0.350. The summed E-state index contributed by atoms with van der Waals surface area (Å²) >= 11 is 0. The predicted octanol–water partition coefficient (Wildman–Crippen LogP) is 3.09. The van der Waals surface area contributed by atoms with Gasteiger partial charge in [0, 0.05) is 30.4 Å². The van der Waals surface area contributed by atoms with Gasteiger partial charge in [0.25, 0.3) is 15.9 Å². The third-order valence-corrected chi connectivity index (χ3v) is 6.43. The van der Waals surface area contributed by atoms with Crippen LogP contribution in [0.3, 0.4) is 0 Å². The lowest BCUT2D eigenvalue weighted by Gasteiger charge is -2.24. The number of rotatable bonds is 5. The lowest BCUT2D eigenvalue weighted by molar-refractivity contribution is 0.0741. The van der Waals surface area contributed by atoms with Gasteiger partial charge in [0.15, 0.2) is 0 Å². The number of hydrogen-bond acceptors (Lipinski definition) is 4. The summed E-state index contributed by atoms with van der Waals surface area (Å²) in [6, 6.07) is 12.0. The molecule has 152 valence electrons. The minimum atomic E-state index is -3.80. The van der Waals surface area contributed by atoms with E-state index in [4.69, 9.17) is 5.73 Å². The van der Waals surface area contributed by atoms with Crippen LogP contribution in [0, 0.1) is 13.8 Å². The molecule has 2 aromatic rings. The van der Waals surface area contributed by atoms with Crippen molar-refractivity contribution in [3.63, 3.8) is 0 Å². The SMILES string of the molecule is Cc1cccc(NS(=O)(=O)c2cc(C(=O)N3CCCC3CN)ccc2C)c1.Cl. The lowest BCUT2D eigenvalue weighted by atomic mass is 10.1. The molecule has 3 rings (SSSR count). The van der Waals surface area contributed by atoms with E-state index in [0.717, 1.165) is 18.4 Å². The molecular formula is C20H26ClN3O3S. The van der Waals surface area contributed by atoms with E-state index < -0.39 is 10.0 Å². The highest BCUT2D eigenvalue weighted by atomic mass is 35.5. The second-order valence-corrected chi connectivity index (χ2v) is 8.64. The summed E-state index contributed by atoms with van der Waals surface area (Å²) in [5.74, 6) is -0.171. The van der Waals surface area contributed by atoms with Gasteiger partial charge >= 0.3 is 0 Å². The van der Waals surface area contributed by atoms with E-state index in [1.807, 2.05) is 13.0 Å². The van der Waals surface area contributed by atoms with Crippen LogP contribution in [0.4, 0.5) is 5.69 Å². The first-order valence-electron chi connectivity index (χ1n) is 9.03. The Bertz CT molecular complexity index is 963. The Morgan fingerprint density at radius 3 is 2.64 bits per heavy atom. The molecule has 1 aliphatic heterocycles. The summed E-state index contributed by atoms with van der Waals surface area (Å²) in [7, 11) is -3.80. The maximum absolute atomic E-state index is 12.9. The van der Waals surface area contributed by atoms with Crippen molar-refractivity contribution in [2.45, 2.75) is 37.6 Å². The first-order valence-corrected chi connectivity index (χ1v) is 10.5. The number of benzene rings is 2.